The molecule has 2 aromatic heterocycles. The van der Waals surface area contributed by atoms with E-state index in [0.717, 1.165) is 52.9 Å². The second kappa shape index (κ2) is 8.21. The first-order chi connectivity index (χ1) is 14.7. The van der Waals surface area contributed by atoms with E-state index in [4.69, 9.17) is 11.6 Å². The molecule has 1 aliphatic rings. The summed E-state index contributed by atoms with van der Waals surface area (Å²) in [6.07, 6.45) is 7.18. The minimum absolute atomic E-state index is 0.0796. The summed E-state index contributed by atoms with van der Waals surface area (Å²) >= 11 is 8.30. The SMILES string of the molecule is O=C(c1ccc(-c2csc(-c3cncc4ccccc34)c2)c(Cl)c1)N1CCCCC1. The van der Waals surface area contributed by atoms with Crippen molar-refractivity contribution < 1.29 is 4.79 Å². The molecule has 0 spiro atoms. The Morgan fingerprint density at radius 1 is 0.967 bits per heavy atom. The first-order valence-corrected chi connectivity index (χ1v) is 11.5. The summed E-state index contributed by atoms with van der Waals surface area (Å²) in [7, 11) is 0. The van der Waals surface area contributed by atoms with Crippen LogP contribution in [0, 0.1) is 0 Å². The summed E-state index contributed by atoms with van der Waals surface area (Å²) in [5.41, 5.74) is 3.80. The molecule has 2 aromatic carbocycles. The van der Waals surface area contributed by atoms with E-state index in [1.807, 2.05) is 41.6 Å². The largest absolute Gasteiger partial charge is 0.339 e. The summed E-state index contributed by atoms with van der Waals surface area (Å²) in [6, 6.07) is 16.1. The van der Waals surface area contributed by atoms with Crippen molar-refractivity contribution in [1.82, 2.24) is 9.88 Å². The van der Waals surface area contributed by atoms with Crippen molar-refractivity contribution in [3.63, 3.8) is 0 Å². The van der Waals surface area contributed by atoms with Crippen molar-refractivity contribution in [2.45, 2.75) is 19.3 Å². The van der Waals surface area contributed by atoms with Crippen LogP contribution in [0.5, 0.6) is 0 Å². The topological polar surface area (TPSA) is 33.2 Å². The van der Waals surface area contributed by atoms with E-state index in [9.17, 15) is 4.79 Å². The Balaban J connectivity index is 1.45. The number of aromatic nitrogens is 1. The van der Waals surface area contributed by atoms with Gasteiger partial charge in [-0.25, -0.2) is 0 Å². The van der Waals surface area contributed by atoms with Crippen molar-refractivity contribution in [2.75, 3.05) is 13.1 Å². The number of halogens is 1. The van der Waals surface area contributed by atoms with E-state index in [1.165, 1.54) is 11.8 Å². The number of hydrogen-bond acceptors (Lipinski definition) is 3. The zero-order chi connectivity index (χ0) is 20.5. The molecule has 5 heteroatoms. The molecule has 0 saturated carbocycles. The molecule has 1 amide bonds. The zero-order valence-electron chi connectivity index (χ0n) is 16.5. The van der Waals surface area contributed by atoms with Gasteiger partial charge in [-0.2, -0.15) is 0 Å². The minimum atomic E-state index is 0.0796. The molecule has 0 radical (unpaired) electrons. The summed E-state index contributed by atoms with van der Waals surface area (Å²) < 4.78 is 0. The molecule has 30 heavy (non-hydrogen) atoms. The molecule has 1 saturated heterocycles. The van der Waals surface area contributed by atoms with E-state index in [2.05, 4.69) is 34.6 Å². The Morgan fingerprint density at radius 3 is 2.63 bits per heavy atom. The number of rotatable bonds is 3. The van der Waals surface area contributed by atoms with Crippen LogP contribution in [-0.2, 0) is 0 Å². The van der Waals surface area contributed by atoms with Crippen molar-refractivity contribution >= 4 is 39.6 Å². The molecule has 0 bridgehead atoms. The summed E-state index contributed by atoms with van der Waals surface area (Å²) in [4.78, 5) is 20.3. The fourth-order valence-electron chi connectivity index (χ4n) is 4.09. The normalized spacial score (nSPS) is 14.2. The van der Waals surface area contributed by atoms with Crippen LogP contribution in [0.3, 0.4) is 0 Å². The number of thiophene rings is 1. The maximum Gasteiger partial charge on any atom is 0.253 e. The van der Waals surface area contributed by atoms with Crippen molar-refractivity contribution in [2.24, 2.45) is 0 Å². The lowest BCUT2D eigenvalue weighted by atomic mass is 10.0. The molecule has 1 aliphatic heterocycles. The smallest absolute Gasteiger partial charge is 0.253 e. The monoisotopic (exact) mass is 432 g/mol. The van der Waals surface area contributed by atoms with Crippen molar-refractivity contribution in [3.8, 4) is 21.6 Å². The third-order valence-electron chi connectivity index (χ3n) is 5.70. The molecule has 0 unspecified atom stereocenters. The van der Waals surface area contributed by atoms with E-state index >= 15 is 0 Å². The Labute approximate surface area is 184 Å². The Bertz CT molecular complexity index is 1220. The predicted octanol–water partition coefficient (Wildman–Crippen LogP) is 6.91. The van der Waals surface area contributed by atoms with Crippen LogP contribution in [-0.4, -0.2) is 28.9 Å². The molecule has 0 N–H and O–H groups in total. The molecular weight excluding hydrogens is 412 g/mol. The van der Waals surface area contributed by atoms with Gasteiger partial charge >= 0.3 is 0 Å². The predicted molar refractivity (Wildman–Crippen MR) is 125 cm³/mol. The number of carbonyl (C=O) groups excluding carboxylic acids is 1. The maximum atomic E-state index is 12.8. The number of piperidine rings is 1. The van der Waals surface area contributed by atoms with Crippen LogP contribution in [0.4, 0.5) is 0 Å². The van der Waals surface area contributed by atoms with Crippen LogP contribution in [0.15, 0.2) is 66.3 Å². The molecule has 0 atom stereocenters. The van der Waals surface area contributed by atoms with E-state index in [0.29, 0.717) is 10.6 Å². The fourth-order valence-corrected chi connectivity index (χ4v) is 5.32. The van der Waals surface area contributed by atoms with Gasteiger partial charge in [0.15, 0.2) is 0 Å². The Hall–Kier alpha value is -2.69. The lowest BCUT2D eigenvalue weighted by Crippen LogP contribution is -2.35. The second-order valence-electron chi connectivity index (χ2n) is 7.66. The lowest BCUT2D eigenvalue weighted by molar-refractivity contribution is 0.0724. The third kappa shape index (κ3) is 3.62. The maximum absolute atomic E-state index is 12.8. The molecule has 3 heterocycles. The molecule has 4 aromatic rings. The van der Waals surface area contributed by atoms with Crippen molar-refractivity contribution in [1.29, 1.82) is 0 Å². The van der Waals surface area contributed by atoms with E-state index in [1.54, 1.807) is 11.3 Å². The summed E-state index contributed by atoms with van der Waals surface area (Å²) in [5, 5.41) is 5.04. The van der Waals surface area contributed by atoms with Gasteiger partial charge < -0.3 is 4.90 Å². The van der Waals surface area contributed by atoms with Crippen LogP contribution in [0.1, 0.15) is 29.6 Å². The van der Waals surface area contributed by atoms with Crippen LogP contribution in [0.2, 0.25) is 5.02 Å². The highest BCUT2D eigenvalue weighted by Gasteiger charge is 2.19. The minimum Gasteiger partial charge on any atom is -0.339 e. The van der Waals surface area contributed by atoms with Gasteiger partial charge in [-0.15, -0.1) is 11.3 Å². The molecular formula is C25H21ClN2OS. The number of hydrogen-bond donors (Lipinski definition) is 0. The molecule has 150 valence electrons. The van der Waals surface area contributed by atoms with Crippen LogP contribution in [0.25, 0.3) is 32.3 Å². The summed E-state index contributed by atoms with van der Waals surface area (Å²) in [5.74, 6) is 0.0796. The van der Waals surface area contributed by atoms with Gasteiger partial charge in [0.25, 0.3) is 5.91 Å². The number of carbonyl (C=O) groups is 1. The number of pyridine rings is 1. The van der Waals surface area contributed by atoms with Gasteiger partial charge in [-0.1, -0.05) is 41.9 Å². The number of fused-ring (bicyclic) bond motifs is 1. The Kier molecular flexibility index (Phi) is 5.28. The highest BCUT2D eigenvalue weighted by Crippen LogP contribution is 2.38. The number of likely N-dealkylation sites (tertiary alicyclic amines) is 1. The molecule has 5 rings (SSSR count). The number of benzene rings is 2. The second-order valence-corrected chi connectivity index (χ2v) is 8.97. The fraction of sp³-hybridized carbons (Fsp3) is 0.200. The average Bonchev–Trinajstić information content (AvgIpc) is 3.28. The highest BCUT2D eigenvalue weighted by atomic mass is 35.5. The Morgan fingerprint density at radius 2 is 1.80 bits per heavy atom. The lowest BCUT2D eigenvalue weighted by Gasteiger charge is -2.26. The van der Waals surface area contributed by atoms with Gasteiger partial charge in [-0.05, 0) is 53.8 Å². The standard InChI is InChI=1S/C25H21ClN2OS/c26-23-12-17(25(29)28-10-4-1-5-11-28)8-9-21(23)19-13-24(30-16-19)22-15-27-14-18-6-2-3-7-20(18)22/h2-3,6-9,12-16H,1,4-5,10-11H2. The first-order valence-electron chi connectivity index (χ1n) is 10.2. The van der Waals surface area contributed by atoms with Gasteiger partial charge in [0.2, 0.25) is 0 Å². The van der Waals surface area contributed by atoms with Crippen LogP contribution < -0.4 is 0 Å². The van der Waals surface area contributed by atoms with E-state index in [-0.39, 0.29) is 5.91 Å². The van der Waals surface area contributed by atoms with E-state index < -0.39 is 0 Å². The first kappa shape index (κ1) is 19.3. The van der Waals surface area contributed by atoms with Gasteiger partial charge in [0.1, 0.15) is 0 Å². The molecule has 0 aliphatic carbocycles. The number of amides is 1. The third-order valence-corrected chi connectivity index (χ3v) is 6.98. The van der Waals surface area contributed by atoms with Gasteiger partial charge in [0.05, 0.1) is 0 Å². The quantitative estimate of drug-likeness (QED) is 0.352. The number of nitrogens with zero attached hydrogens (tertiary/aromatic N) is 2. The highest BCUT2D eigenvalue weighted by molar-refractivity contribution is 7.14. The average molecular weight is 433 g/mol. The summed E-state index contributed by atoms with van der Waals surface area (Å²) in [6.45, 7) is 1.68. The molecule has 1 fully saturated rings. The van der Waals surface area contributed by atoms with Gasteiger partial charge in [0, 0.05) is 57.5 Å². The van der Waals surface area contributed by atoms with Gasteiger partial charge in [-0.3, -0.25) is 9.78 Å². The molecule has 3 nitrogen and oxygen atoms in total. The zero-order valence-corrected chi connectivity index (χ0v) is 18.0. The van der Waals surface area contributed by atoms with Crippen LogP contribution >= 0.6 is 22.9 Å². The van der Waals surface area contributed by atoms with Crippen molar-refractivity contribution in [3.05, 3.63) is 76.9 Å².